The molecule has 2 amide bonds. The van der Waals surface area contributed by atoms with E-state index in [1.165, 1.54) is 12.1 Å². The van der Waals surface area contributed by atoms with Crippen LogP contribution in [0.3, 0.4) is 0 Å². The Morgan fingerprint density at radius 3 is 2.72 bits per heavy atom. The zero-order chi connectivity index (χ0) is 20.6. The topological polar surface area (TPSA) is 67.9 Å². The Morgan fingerprint density at radius 1 is 1.17 bits per heavy atom. The highest BCUT2D eigenvalue weighted by Crippen LogP contribution is 2.33. The van der Waals surface area contributed by atoms with E-state index in [0.717, 1.165) is 12.8 Å². The fourth-order valence-corrected chi connectivity index (χ4v) is 3.07. The smallest absolute Gasteiger partial charge is 0.267 e. The molecule has 3 rings (SSSR count). The van der Waals surface area contributed by atoms with Gasteiger partial charge in [0.15, 0.2) is 6.10 Å². The molecule has 1 unspecified atom stereocenters. The number of carbonyl (C=O) groups excluding carboxylic acids is 2. The summed E-state index contributed by atoms with van der Waals surface area (Å²) in [4.78, 5) is 26.1. The number of nitrogens with zero attached hydrogens (tertiary/aromatic N) is 1. The SMILES string of the molecule is CC1Oc2ccccc2N(CCC(=O)NCCCCOc2ccc(F)cc2)C1=O. The van der Waals surface area contributed by atoms with Crippen LogP contribution in [0.25, 0.3) is 0 Å². The van der Waals surface area contributed by atoms with Crippen LogP contribution in [0.5, 0.6) is 11.5 Å². The standard InChI is InChI=1S/C22H25FN2O4/c1-16-22(27)25(19-6-2-3-7-20(19)29-16)14-12-21(26)24-13-4-5-15-28-18-10-8-17(23)9-11-18/h2-3,6-11,16H,4-5,12-15H2,1H3,(H,24,26). The van der Waals surface area contributed by atoms with Crippen molar-refractivity contribution in [2.75, 3.05) is 24.6 Å². The Kier molecular flexibility index (Phi) is 7.05. The summed E-state index contributed by atoms with van der Waals surface area (Å²) in [7, 11) is 0. The monoisotopic (exact) mass is 400 g/mol. The maximum atomic E-state index is 12.8. The molecule has 0 spiro atoms. The number of amides is 2. The van der Waals surface area contributed by atoms with Gasteiger partial charge in [0.1, 0.15) is 17.3 Å². The fourth-order valence-electron chi connectivity index (χ4n) is 3.07. The van der Waals surface area contributed by atoms with E-state index >= 15 is 0 Å². The second kappa shape index (κ2) is 9.91. The molecule has 1 aliphatic rings. The lowest BCUT2D eigenvalue weighted by Gasteiger charge is -2.32. The van der Waals surface area contributed by atoms with E-state index in [9.17, 15) is 14.0 Å². The first-order chi connectivity index (χ1) is 14.0. The molecule has 154 valence electrons. The van der Waals surface area contributed by atoms with Gasteiger partial charge in [-0.25, -0.2) is 4.39 Å². The molecule has 2 aromatic rings. The van der Waals surface area contributed by atoms with Crippen LogP contribution < -0.4 is 19.7 Å². The molecule has 1 aliphatic heterocycles. The number of unbranched alkanes of at least 4 members (excludes halogenated alkanes) is 1. The number of halogens is 1. The second-order valence-corrected chi connectivity index (χ2v) is 6.83. The Hall–Kier alpha value is -3.09. The van der Waals surface area contributed by atoms with Gasteiger partial charge in [0, 0.05) is 19.5 Å². The molecule has 0 saturated carbocycles. The summed E-state index contributed by atoms with van der Waals surface area (Å²) in [5.74, 6) is 0.737. The maximum absolute atomic E-state index is 12.8. The van der Waals surface area contributed by atoms with Gasteiger partial charge in [-0.15, -0.1) is 0 Å². The van der Waals surface area contributed by atoms with Crippen molar-refractivity contribution in [3.8, 4) is 11.5 Å². The Labute approximate surface area is 169 Å². The zero-order valence-electron chi connectivity index (χ0n) is 16.4. The van der Waals surface area contributed by atoms with E-state index in [1.54, 1.807) is 24.0 Å². The fraction of sp³-hybridized carbons (Fsp3) is 0.364. The van der Waals surface area contributed by atoms with E-state index in [0.29, 0.717) is 36.9 Å². The van der Waals surface area contributed by atoms with Crippen LogP contribution in [-0.4, -0.2) is 37.6 Å². The molecule has 1 heterocycles. The van der Waals surface area contributed by atoms with Gasteiger partial charge in [-0.2, -0.15) is 0 Å². The van der Waals surface area contributed by atoms with Crippen LogP contribution in [0.4, 0.5) is 10.1 Å². The molecule has 6 nitrogen and oxygen atoms in total. The maximum Gasteiger partial charge on any atom is 0.267 e. The van der Waals surface area contributed by atoms with Crippen molar-refractivity contribution in [2.45, 2.75) is 32.3 Å². The average molecular weight is 400 g/mol. The molecule has 7 heteroatoms. The van der Waals surface area contributed by atoms with Crippen LogP contribution in [0, 0.1) is 5.82 Å². The van der Waals surface area contributed by atoms with Gasteiger partial charge < -0.3 is 19.7 Å². The summed E-state index contributed by atoms with van der Waals surface area (Å²) >= 11 is 0. The Bertz CT molecular complexity index is 841. The van der Waals surface area contributed by atoms with E-state index in [-0.39, 0.29) is 24.1 Å². The van der Waals surface area contributed by atoms with Gasteiger partial charge in [-0.1, -0.05) is 12.1 Å². The second-order valence-electron chi connectivity index (χ2n) is 6.83. The van der Waals surface area contributed by atoms with Crippen LogP contribution in [0.15, 0.2) is 48.5 Å². The van der Waals surface area contributed by atoms with Crippen molar-refractivity contribution >= 4 is 17.5 Å². The van der Waals surface area contributed by atoms with Gasteiger partial charge in [-0.05, 0) is 56.2 Å². The first kappa shape index (κ1) is 20.6. The number of benzene rings is 2. The van der Waals surface area contributed by atoms with Gasteiger partial charge >= 0.3 is 0 Å². The molecular weight excluding hydrogens is 375 g/mol. The number of hydrogen-bond donors (Lipinski definition) is 1. The number of fused-ring (bicyclic) bond motifs is 1. The van der Waals surface area contributed by atoms with Crippen LogP contribution in [-0.2, 0) is 9.59 Å². The third kappa shape index (κ3) is 5.70. The normalized spacial score (nSPS) is 15.4. The first-order valence-corrected chi connectivity index (χ1v) is 9.77. The molecule has 0 fully saturated rings. The molecule has 0 aliphatic carbocycles. The molecule has 0 aromatic heterocycles. The molecule has 0 bridgehead atoms. The van der Waals surface area contributed by atoms with Crippen molar-refractivity contribution in [3.05, 3.63) is 54.3 Å². The largest absolute Gasteiger partial charge is 0.494 e. The predicted octanol–water partition coefficient (Wildman–Crippen LogP) is 3.31. The van der Waals surface area contributed by atoms with E-state index < -0.39 is 6.10 Å². The molecule has 1 atom stereocenters. The minimum absolute atomic E-state index is 0.103. The molecular formula is C22H25FN2O4. The highest BCUT2D eigenvalue weighted by Gasteiger charge is 2.31. The van der Waals surface area contributed by atoms with Gasteiger partial charge in [0.25, 0.3) is 5.91 Å². The van der Waals surface area contributed by atoms with E-state index in [4.69, 9.17) is 9.47 Å². The van der Waals surface area contributed by atoms with Gasteiger partial charge in [0.05, 0.1) is 12.3 Å². The van der Waals surface area contributed by atoms with Crippen molar-refractivity contribution in [1.82, 2.24) is 5.32 Å². The first-order valence-electron chi connectivity index (χ1n) is 9.77. The quantitative estimate of drug-likeness (QED) is 0.656. The van der Waals surface area contributed by atoms with Crippen LogP contribution >= 0.6 is 0 Å². The minimum atomic E-state index is -0.561. The number of carbonyl (C=O) groups is 2. The third-order valence-corrected chi connectivity index (χ3v) is 4.61. The molecule has 0 saturated heterocycles. The highest BCUT2D eigenvalue weighted by atomic mass is 19.1. The Morgan fingerprint density at radius 2 is 1.93 bits per heavy atom. The lowest BCUT2D eigenvalue weighted by Crippen LogP contribution is -2.45. The lowest BCUT2D eigenvalue weighted by atomic mass is 10.1. The summed E-state index contributed by atoms with van der Waals surface area (Å²) in [5.41, 5.74) is 0.696. The van der Waals surface area contributed by atoms with Crippen molar-refractivity contribution in [3.63, 3.8) is 0 Å². The van der Waals surface area contributed by atoms with E-state index in [2.05, 4.69) is 5.32 Å². The lowest BCUT2D eigenvalue weighted by molar-refractivity contribution is -0.125. The minimum Gasteiger partial charge on any atom is -0.494 e. The highest BCUT2D eigenvalue weighted by molar-refractivity contribution is 6.00. The van der Waals surface area contributed by atoms with Crippen molar-refractivity contribution in [2.24, 2.45) is 0 Å². The summed E-state index contributed by atoms with van der Waals surface area (Å²) < 4.78 is 23.9. The zero-order valence-corrected chi connectivity index (χ0v) is 16.4. The summed E-state index contributed by atoms with van der Waals surface area (Å²) in [6.45, 7) is 3.05. The van der Waals surface area contributed by atoms with Gasteiger partial charge in [0.2, 0.25) is 5.91 Å². The number of para-hydroxylation sites is 2. The van der Waals surface area contributed by atoms with Crippen LogP contribution in [0.2, 0.25) is 0 Å². The number of nitrogens with one attached hydrogen (secondary N) is 1. The van der Waals surface area contributed by atoms with Crippen molar-refractivity contribution in [1.29, 1.82) is 0 Å². The summed E-state index contributed by atoms with van der Waals surface area (Å²) in [6, 6.07) is 13.2. The van der Waals surface area contributed by atoms with Crippen LogP contribution in [0.1, 0.15) is 26.2 Å². The third-order valence-electron chi connectivity index (χ3n) is 4.61. The molecule has 2 aromatic carbocycles. The van der Waals surface area contributed by atoms with Crippen molar-refractivity contribution < 1.29 is 23.5 Å². The Balaban J connectivity index is 1.35. The summed E-state index contributed by atoms with van der Waals surface area (Å²) in [6.07, 6.45) is 1.20. The number of hydrogen-bond acceptors (Lipinski definition) is 4. The molecule has 29 heavy (non-hydrogen) atoms. The summed E-state index contributed by atoms with van der Waals surface area (Å²) in [5, 5.41) is 2.87. The average Bonchev–Trinajstić information content (AvgIpc) is 2.72. The van der Waals surface area contributed by atoms with Gasteiger partial charge in [-0.3, -0.25) is 9.59 Å². The number of anilines is 1. The molecule has 0 radical (unpaired) electrons. The van der Waals surface area contributed by atoms with E-state index in [1.807, 2.05) is 24.3 Å². The number of ether oxygens (including phenoxy) is 2. The number of rotatable bonds is 9. The molecule has 1 N–H and O–H groups in total. The predicted molar refractivity (Wildman–Crippen MR) is 108 cm³/mol.